The van der Waals surface area contributed by atoms with Crippen molar-refractivity contribution in [1.82, 2.24) is 0 Å². The summed E-state index contributed by atoms with van der Waals surface area (Å²) in [6.45, 7) is 3.35. The minimum absolute atomic E-state index is 0.246. The molecule has 4 nitrogen and oxygen atoms in total. The molecular weight excluding hydrogens is 230 g/mol. The van der Waals surface area contributed by atoms with Crippen LogP contribution in [0.25, 0.3) is 0 Å². The summed E-state index contributed by atoms with van der Waals surface area (Å²) < 4.78 is 10.6. The van der Waals surface area contributed by atoms with Gasteiger partial charge < -0.3 is 19.5 Å². The molecule has 1 aromatic rings. The second-order valence-corrected chi connectivity index (χ2v) is 4.70. The van der Waals surface area contributed by atoms with Crippen LogP contribution in [0, 0.1) is 5.92 Å². The van der Waals surface area contributed by atoms with E-state index >= 15 is 0 Å². The van der Waals surface area contributed by atoms with E-state index in [2.05, 4.69) is 11.8 Å². The van der Waals surface area contributed by atoms with Crippen molar-refractivity contribution >= 4 is 5.69 Å². The van der Waals surface area contributed by atoms with Crippen molar-refractivity contribution in [3.63, 3.8) is 0 Å². The van der Waals surface area contributed by atoms with E-state index in [-0.39, 0.29) is 6.61 Å². The van der Waals surface area contributed by atoms with Gasteiger partial charge >= 0.3 is 0 Å². The zero-order valence-corrected chi connectivity index (χ0v) is 11.2. The third-order valence-corrected chi connectivity index (χ3v) is 3.85. The van der Waals surface area contributed by atoms with Crippen LogP contribution in [0.4, 0.5) is 5.69 Å². The molecule has 1 aliphatic rings. The Hall–Kier alpha value is -1.42. The molecule has 1 aromatic carbocycles. The van der Waals surface area contributed by atoms with E-state index in [1.54, 1.807) is 14.2 Å². The molecule has 1 aliphatic heterocycles. The highest BCUT2D eigenvalue weighted by molar-refractivity contribution is 5.62. The third-order valence-electron chi connectivity index (χ3n) is 3.85. The quantitative estimate of drug-likeness (QED) is 0.887. The zero-order valence-electron chi connectivity index (χ0n) is 11.2. The summed E-state index contributed by atoms with van der Waals surface area (Å²) in [5, 5.41) is 9.33. The van der Waals surface area contributed by atoms with Gasteiger partial charge in [-0.1, -0.05) is 0 Å². The van der Waals surface area contributed by atoms with Gasteiger partial charge in [0.05, 0.1) is 19.9 Å². The van der Waals surface area contributed by atoms with Gasteiger partial charge in [-0.2, -0.15) is 0 Å². The molecule has 2 atom stereocenters. The van der Waals surface area contributed by atoms with Crippen LogP contribution in [-0.4, -0.2) is 38.5 Å². The maximum atomic E-state index is 9.33. The molecule has 4 heteroatoms. The van der Waals surface area contributed by atoms with Gasteiger partial charge in [-0.25, -0.2) is 0 Å². The summed E-state index contributed by atoms with van der Waals surface area (Å²) in [5.74, 6) is 1.96. The summed E-state index contributed by atoms with van der Waals surface area (Å²) in [5.41, 5.74) is 1.07. The van der Waals surface area contributed by atoms with Crippen molar-refractivity contribution in [3.05, 3.63) is 18.2 Å². The first-order valence-electron chi connectivity index (χ1n) is 6.30. The second kappa shape index (κ2) is 5.48. The molecule has 0 spiro atoms. The van der Waals surface area contributed by atoms with Gasteiger partial charge in [0.2, 0.25) is 0 Å². The lowest BCUT2D eigenvalue weighted by Crippen LogP contribution is -2.31. The van der Waals surface area contributed by atoms with E-state index in [4.69, 9.17) is 9.47 Å². The number of aliphatic hydroxyl groups excluding tert-OH is 1. The van der Waals surface area contributed by atoms with E-state index in [0.717, 1.165) is 30.2 Å². The van der Waals surface area contributed by atoms with Crippen molar-refractivity contribution in [3.8, 4) is 11.5 Å². The Balaban J connectivity index is 2.28. The van der Waals surface area contributed by atoms with Crippen molar-refractivity contribution in [2.75, 3.05) is 32.3 Å². The summed E-state index contributed by atoms with van der Waals surface area (Å²) in [6, 6.07) is 6.19. The summed E-state index contributed by atoms with van der Waals surface area (Å²) in [6.07, 6.45) is 1.02. The van der Waals surface area contributed by atoms with E-state index in [9.17, 15) is 5.11 Å². The summed E-state index contributed by atoms with van der Waals surface area (Å²) in [4.78, 5) is 2.29. The average molecular weight is 251 g/mol. The molecule has 18 heavy (non-hydrogen) atoms. The lowest BCUT2D eigenvalue weighted by Gasteiger charge is -2.27. The van der Waals surface area contributed by atoms with Gasteiger partial charge in [-0.05, 0) is 25.5 Å². The fraction of sp³-hybridized carbons (Fsp3) is 0.571. The lowest BCUT2D eigenvalue weighted by molar-refractivity contribution is 0.221. The molecule has 1 saturated heterocycles. The molecule has 0 bridgehead atoms. The highest BCUT2D eigenvalue weighted by Crippen LogP contribution is 2.37. The van der Waals surface area contributed by atoms with Crippen LogP contribution in [-0.2, 0) is 0 Å². The maximum absolute atomic E-state index is 9.33. The van der Waals surface area contributed by atoms with Crippen LogP contribution in [0.3, 0.4) is 0 Å². The standard InChI is InChI=1S/C14H21NO3/c1-10-11(9-16)6-7-15(10)13-5-4-12(17-2)8-14(13)18-3/h4-5,8,10-11,16H,6-7,9H2,1-3H3. The number of anilines is 1. The molecule has 2 rings (SSSR count). The van der Waals surface area contributed by atoms with Gasteiger partial charge in [0.1, 0.15) is 11.5 Å². The first-order chi connectivity index (χ1) is 8.71. The van der Waals surface area contributed by atoms with Crippen LogP contribution in [0.1, 0.15) is 13.3 Å². The van der Waals surface area contributed by atoms with Crippen molar-refractivity contribution in [2.24, 2.45) is 5.92 Å². The highest BCUT2D eigenvalue weighted by atomic mass is 16.5. The Morgan fingerprint density at radius 1 is 1.33 bits per heavy atom. The van der Waals surface area contributed by atoms with Crippen LogP contribution >= 0.6 is 0 Å². The predicted molar refractivity (Wildman–Crippen MR) is 71.5 cm³/mol. The van der Waals surface area contributed by atoms with E-state index < -0.39 is 0 Å². The normalized spacial score (nSPS) is 23.2. The molecule has 1 fully saturated rings. The fourth-order valence-corrected chi connectivity index (χ4v) is 2.61. The molecular formula is C14H21NO3. The second-order valence-electron chi connectivity index (χ2n) is 4.70. The average Bonchev–Trinajstić information content (AvgIpc) is 2.78. The molecule has 0 amide bonds. The van der Waals surface area contributed by atoms with Crippen LogP contribution < -0.4 is 14.4 Å². The molecule has 0 aliphatic carbocycles. The highest BCUT2D eigenvalue weighted by Gasteiger charge is 2.31. The largest absolute Gasteiger partial charge is 0.497 e. The Labute approximate surface area is 108 Å². The molecule has 100 valence electrons. The van der Waals surface area contributed by atoms with E-state index in [0.29, 0.717) is 12.0 Å². The first-order valence-corrected chi connectivity index (χ1v) is 6.30. The Bertz CT molecular complexity index is 408. The summed E-state index contributed by atoms with van der Waals surface area (Å²) in [7, 11) is 3.32. The van der Waals surface area contributed by atoms with Crippen molar-refractivity contribution in [2.45, 2.75) is 19.4 Å². The number of ether oxygens (including phenoxy) is 2. The van der Waals surface area contributed by atoms with E-state index in [1.165, 1.54) is 0 Å². The van der Waals surface area contributed by atoms with Gasteiger partial charge in [-0.15, -0.1) is 0 Å². The monoisotopic (exact) mass is 251 g/mol. The third kappa shape index (κ3) is 2.25. The van der Waals surface area contributed by atoms with Crippen molar-refractivity contribution in [1.29, 1.82) is 0 Å². The molecule has 1 heterocycles. The number of hydrogen-bond acceptors (Lipinski definition) is 4. The fourth-order valence-electron chi connectivity index (χ4n) is 2.61. The van der Waals surface area contributed by atoms with Gasteiger partial charge in [0, 0.05) is 31.2 Å². The van der Waals surface area contributed by atoms with Crippen molar-refractivity contribution < 1.29 is 14.6 Å². The predicted octanol–water partition coefficient (Wildman–Crippen LogP) is 1.91. The minimum atomic E-state index is 0.246. The van der Waals surface area contributed by atoms with Crippen LogP contribution in [0.2, 0.25) is 0 Å². The summed E-state index contributed by atoms with van der Waals surface area (Å²) >= 11 is 0. The zero-order chi connectivity index (χ0) is 13.1. The van der Waals surface area contributed by atoms with Crippen LogP contribution in [0.5, 0.6) is 11.5 Å². The Kier molecular flexibility index (Phi) is 3.97. The molecule has 0 saturated carbocycles. The number of benzene rings is 1. The lowest BCUT2D eigenvalue weighted by atomic mass is 10.0. The number of aliphatic hydroxyl groups is 1. The Morgan fingerprint density at radius 2 is 2.11 bits per heavy atom. The van der Waals surface area contributed by atoms with E-state index in [1.807, 2.05) is 18.2 Å². The SMILES string of the molecule is COc1ccc(N2CCC(CO)C2C)c(OC)c1. The molecule has 1 N–H and O–H groups in total. The molecule has 0 radical (unpaired) electrons. The number of nitrogens with zero attached hydrogens (tertiary/aromatic N) is 1. The smallest absolute Gasteiger partial charge is 0.145 e. The minimum Gasteiger partial charge on any atom is -0.497 e. The first kappa shape index (κ1) is 13.0. The Morgan fingerprint density at radius 3 is 2.67 bits per heavy atom. The number of methoxy groups -OCH3 is 2. The maximum Gasteiger partial charge on any atom is 0.145 e. The van der Waals surface area contributed by atoms with Gasteiger partial charge in [0.25, 0.3) is 0 Å². The van der Waals surface area contributed by atoms with Gasteiger partial charge in [-0.3, -0.25) is 0 Å². The molecule has 0 aromatic heterocycles. The molecule has 2 unspecified atom stereocenters. The van der Waals surface area contributed by atoms with Crippen LogP contribution in [0.15, 0.2) is 18.2 Å². The van der Waals surface area contributed by atoms with Gasteiger partial charge in [0.15, 0.2) is 0 Å². The topological polar surface area (TPSA) is 41.9 Å². The number of rotatable bonds is 4. The number of hydrogen-bond donors (Lipinski definition) is 1.